The van der Waals surface area contributed by atoms with E-state index in [9.17, 15) is 4.79 Å². The van der Waals surface area contributed by atoms with Crippen molar-refractivity contribution in [2.24, 2.45) is 10.9 Å². The first-order valence-corrected chi connectivity index (χ1v) is 10.8. The van der Waals surface area contributed by atoms with Crippen molar-refractivity contribution in [3.05, 3.63) is 41.8 Å². The smallest absolute Gasteiger partial charge is 0.226 e. The van der Waals surface area contributed by atoms with Gasteiger partial charge in [0.05, 0.1) is 6.54 Å². The van der Waals surface area contributed by atoms with E-state index in [1.807, 2.05) is 49.9 Å². The maximum absolute atomic E-state index is 12.2. The van der Waals surface area contributed by atoms with E-state index in [0.717, 1.165) is 49.7 Å². The fraction of sp³-hybridized carbons (Fsp3) is 0.522. The summed E-state index contributed by atoms with van der Waals surface area (Å²) in [6.07, 6.45) is 3.51. The Balaban J connectivity index is 0.00000341. The molecule has 1 aliphatic heterocycles. The molecule has 1 aromatic carbocycles. The minimum absolute atomic E-state index is 0. The van der Waals surface area contributed by atoms with Gasteiger partial charge in [-0.25, -0.2) is 9.98 Å². The fourth-order valence-corrected chi connectivity index (χ4v) is 3.49. The van der Waals surface area contributed by atoms with Gasteiger partial charge in [-0.2, -0.15) is 0 Å². The molecule has 0 saturated carbocycles. The monoisotopic (exact) mass is 539 g/mol. The summed E-state index contributed by atoms with van der Waals surface area (Å²) in [5.41, 5.74) is 2.96. The van der Waals surface area contributed by atoms with Crippen molar-refractivity contribution in [2.45, 2.75) is 53.1 Å². The number of aromatic nitrogens is 1. The highest BCUT2D eigenvalue weighted by atomic mass is 127. The third-order valence-electron chi connectivity index (χ3n) is 5.24. The van der Waals surface area contributed by atoms with Crippen LogP contribution in [0.25, 0.3) is 11.5 Å². The van der Waals surface area contributed by atoms with E-state index in [4.69, 9.17) is 4.42 Å². The summed E-state index contributed by atoms with van der Waals surface area (Å²) in [6, 6.07) is 8.42. The van der Waals surface area contributed by atoms with Crippen LogP contribution in [0.15, 0.2) is 39.9 Å². The Morgan fingerprint density at radius 3 is 2.55 bits per heavy atom. The number of likely N-dealkylation sites (tertiary alicyclic amines) is 1. The van der Waals surface area contributed by atoms with Crippen molar-refractivity contribution in [3.63, 3.8) is 0 Å². The predicted molar refractivity (Wildman–Crippen MR) is 134 cm³/mol. The quantitative estimate of drug-likeness (QED) is 0.330. The van der Waals surface area contributed by atoms with Crippen LogP contribution in [0.4, 0.5) is 0 Å². The highest BCUT2D eigenvalue weighted by molar-refractivity contribution is 14.0. The van der Waals surface area contributed by atoms with Gasteiger partial charge in [0.1, 0.15) is 12.0 Å². The van der Waals surface area contributed by atoms with Gasteiger partial charge in [-0.1, -0.05) is 31.5 Å². The number of benzene rings is 1. The third-order valence-corrected chi connectivity index (χ3v) is 5.24. The van der Waals surface area contributed by atoms with Crippen LogP contribution >= 0.6 is 24.0 Å². The number of rotatable bonds is 6. The van der Waals surface area contributed by atoms with Crippen molar-refractivity contribution in [1.29, 1.82) is 0 Å². The van der Waals surface area contributed by atoms with Crippen LogP contribution < -0.4 is 10.6 Å². The summed E-state index contributed by atoms with van der Waals surface area (Å²) in [6.45, 7) is 10.8. The lowest BCUT2D eigenvalue weighted by atomic mass is 10.0. The molecule has 1 fully saturated rings. The number of aliphatic imine (C=N–C) groups is 1. The fourth-order valence-electron chi connectivity index (χ4n) is 3.49. The van der Waals surface area contributed by atoms with Crippen LogP contribution in [0.5, 0.6) is 0 Å². The zero-order chi connectivity index (χ0) is 21.5. The summed E-state index contributed by atoms with van der Waals surface area (Å²) >= 11 is 0. The number of nitrogens with zero attached hydrogens (tertiary/aromatic N) is 3. The molecule has 0 bridgehead atoms. The topological polar surface area (TPSA) is 82.8 Å². The van der Waals surface area contributed by atoms with Crippen molar-refractivity contribution < 1.29 is 9.21 Å². The SMILES string of the molecule is CCNC(=NCc1coc(-c2ccc(C)cc2)n1)NC1CCN(C(=O)C(C)C)CC1.I. The number of aryl methyl sites for hydroxylation is 1. The summed E-state index contributed by atoms with van der Waals surface area (Å²) in [5.74, 6) is 1.68. The number of hydrogen-bond donors (Lipinski definition) is 2. The first kappa shape index (κ1) is 25.2. The van der Waals surface area contributed by atoms with Gasteiger partial charge in [0.15, 0.2) is 5.96 Å². The summed E-state index contributed by atoms with van der Waals surface area (Å²) < 4.78 is 5.63. The molecule has 3 rings (SSSR count). The molecule has 0 unspecified atom stereocenters. The highest BCUT2D eigenvalue weighted by Crippen LogP contribution is 2.19. The second-order valence-corrected chi connectivity index (χ2v) is 8.10. The standard InChI is InChI=1S/C23H33N5O2.HI/c1-5-24-23(27-19-10-12-28(13-11-19)22(29)16(2)3)25-14-20-15-30-21(26-20)18-8-6-17(4)7-9-18;/h6-9,15-16,19H,5,10-14H2,1-4H3,(H2,24,25,27);1H. The van der Waals surface area contributed by atoms with Crippen molar-refractivity contribution in [1.82, 2.24) is 20.5 Å². The molecule has 7 nitrogen and oxygen atoms in total. The highest BCUT2D eigenvalue weighted by Gasteiger charge is 2.24. The lowest BCUT2D eigenvalue weighted by Crippen LogP contribution is -2.50. The Bertz CT molecular complexity index is 855. The van der Waals surface area contributed by atoms with Gasteiger partial charge in [-0.15, -0.1) is 24.0 Å². The van der Waals surface area contributed by atoms with Gasteiger partial charge < -0.3 is 20.0 Å². The van der Waals surface area contributed by atoms with Gasteiger partial charge in [0, 0.05) is 37.2 Å². The number of halogens is 1. The van der Waals surface area contributed by atoms with E-state index in [-0.39, 0.29) is 35.8 Å². The molecule has 1 aliphatic rings. The number of hydrogen-bond acceptors (Lipinski definition) is 4. The minimum atomic E-state index is 0. The van der Waals surface area contributed by atoms with Crippen LogP contribution in [0, 0.1) is 12.8 Å². The number of guanidine groups is 1. The molecule has 0 radical (unpaired) electrons. The summed E-state index contributed by atoms with van der Waals surface area (Å²) in [5, 5.41) is 6.80. The molecule has 170 valence electrons. The van der Waals surface area contributed by atoms with Gasteiger partial charge >= 0.3 is 0 Å². The van der Waals surface area contributed by atoms with E-state index in [2.05, 4.69) is 27.5 Å². The number of nitrogens with one attached hydrogen (secondary N) is 2. The molecule has 2 N–H and O–H groups in total. The number of oxazole rings is 1. The summed E-state index contributed by atoms with van der Waals surface area (Å²) in [7, 11) is 0. The molecule has 1 aromatic heterocycles. The van der Waals surface area contributed by atoms with Crippen LogP contribution in [-0.4, -0.2) is 47.4 Å². The molecule has 2 aromatic rings. The average molecular weight is 539 g/mol. The van der Waals surface area contributed by atoms with E-state index < -0.39 is 0 Å². The number of carbonyl (C=O) groups excluding carboxylic acids is 1. The normalized spacial score (nSPS) is 15.0. The zero-order valence-electron chi connectivity index (χ0n) is 18.9. The van der Waals surface area contributed by atoms with Gasteiger partial charge in [-0.05, 0) is 38.8 Å². The van der Waals surface area contributed by atoms with Crippen molar-refractivity contribution in [3.8, 4) is 11.5 Å². The molecular weight excluding hydrogens is 505 g/mol. The Morgan fingerprint density at radius 2 is 1.94 bits per heavy atom. The second kappa shape index (κ2) is 12.1. The van der Waals surface area contributed by atoms with E-state index >= 15 is 0 Å². The molecule has 0 aliphatic carbocycles. The number of piperidine rings is 1. The van der Waals surface area contributed by atoms with E-state index in [0.29, 0.717) is 18.5 Å². The van der Waals surface area contributed by atoms with Crippen molar-refractivity contribution >= 4 is 35.8 Å². The zero-order valence-corrected chi connectivity index (χ0v) is 21.2. The molecule has 2 heterocycles. The third kappa shape index (κ3) is 7.22. The van der Waals surface area contributed by atoms with Crippen LogP contribution in [0.3, 0.4) is 0 Å². The van der Waals surface area contributed by atoms with Crippen LogP contribution in [-0.2, 0) is 11.3 Å². The first-order chi connectivity index (χ1) is 14.5. The Labute approximate surface area is 202 Å². The Kier molecular flexibility index (Phi) is 9.80. The van der Waals surface area contributed by atoms with Crippen LogP contribution in [0.2, 0.25) is 0 Å². The Morgan fingerprint density at radius 1 is 1.26 bits per heavy atom. The lowest BCUT2D eigenvalue weighted by Gasteiger charge is -2.34. The first-order valence-electron chi connectivity index (χ1n) is 10.8. The molecule has 0 spiro atoms. The molecule has 1 saturated heterocycles. The van der Waals surface area contributed by atoms with E-state index in [1.54, 1.807) is 6.26 Å². The minimum Gasteiger partial charge on any atom is -0.444 e. The van der Waals surface area contributed by atoms with Crippen molar-refractivity contribution in [2.75, 3.05) is 19.6 Å². The number of amides is 1. The van der Waals surface area contributed by atoms with Gasteiger partial charge in [-0.3, -0.25) is 4.79 Å². The second-order valence-electron chi connectivity index (χ2n) is 8.10. The van der Waals surface area contributed by atoms with E-state index in [1.165, 1.54) is 5.56 Å². The molecule has 0 atom stereocenters. The maximum Gasteiger partial charge on any atom is 0.226 e. The molecular formula is C23H34IN5O2. The maximum atomic E-state index is 12.2. The van der Waals surface area contributed by atoms with Gasteiger partial charge in [0.2, 0.25) is 11.8 Å². The van der Waals surface area contributed by atoms with Crippen LogP contribution in [0.1, 0.15) is 44.9 Å². The predicted octanol–water partition coefficient (Wildman–Crippen LogP) is 3.97. The number of carbonyl (C=O) groups is 1. The average Bonchev–Trinajstić information content (AvgIpc) is 3.22. The Hall–Kier alpha value is -2.10. The molecule has 8 heteroatoms. The lowest BCUT2D eigenvalue weighted by molar-refractivity contribution is -0.135. The van der Waals surface area contributed by atoms with Gasteiger partial charge in [0.25, 0.3) is 0 Å². The summed E-state index contributed by atoms with van der Waals surface area (Å²) in [4.78, 5) is 23.4. The largest absolute Gasteiger partial charge is 0.444 e. The molecule has 1 amide bonds. The molecule has 31 heavy (non-hydrogen) atoms.